The third-order valence-electron chi connectivity index (χ3n) is 7.84. The number of amides is 1. The number of ether oxygens (including phenoxy) is 1. The lowest BCUT2D eigenvalue weighted by Gasteiger charge is -2.30. The van der Waals surface area contributed by atoms with E-state index in [1.807, 2.05) is 12.1 Å². The van der Waals surface area contributed by atoms with E-state index in [9.17, 15) is 18.0 Å². The number of hydrogen-bond acceptors (Lipinski definition) is 8. The first kappa shape index (κ1) is 30.8. The molecule has 8 nitrogen and oxygen atoms in total. The number of halogens is 3. The maximum absolute atomic E-state index is 13.5. The molecule has 0 atom stereocenters. The summed E-state index contributed by atoms with van der Waals surface area (Å²) in [7, 11) is 2.12. The van der Waals surface area contributed by atoms with Crippen molar-refractivity contribution >= 4 is 34.9 Å². The summed E-state index contributed by atoms with van der Waals surface area (Å²) >= 11 is 0.814. The molecule has 3 aromatic rings. The van der Waals surface area contributed by atoms with Gasteiger partial charge in [0.1, 0.15) is 10.7 Å². The minimum Gasteiger partial charge on any atom is -0.397 e. The number of aromatic nitrogens is 1. The van der Waals surface area contributed by atoms with Crippen molar-refractivity contribution in [2.24, 2.45) is 0 Å². The number of carbonyl (C=O) groups is 1. The Labute approximate surface area is 253 Å². The summed E-state index contributed by atoms with van der Waals surface area (Å²) in [4.78, 5) is 20.2. The molecule has 12 heteroatoms. The predicted molar refractivity (Wildman–Crippen MR) is 162 cm³/mol. The molecule has 228 valence electrons. The Morgan fingerprint density at radius 1 is 1.07 bits per heavy atom. The van der Waals surface area contributed by atoms with Gasteiger partial charge in [-0.3, -0.25) is 10.2 Å². The summed E-state index contributed by atoms with van der Waals surface area (Å²) in [6, 6.07) is 14.1. The molecule has 0 aliphatic carbocycles. The normalized spacial score (nSPS) is 17.0. The van der Waals surface area contributed by atoms with Gasteiger partial charge in [-0.2, -0.15) is 13.2 Å². The molecule has 2 aliphatic heterocycles. The fourth-order valence-corrected chi connectivity index (χ4v) is 6.33. The number of benzene rings is 2. The molecule has 2 aliphatic rings. The van der Waals surface area contributed by atoms with Crippen LogP contribution in [0.3, 0.4) is 0 Å². The van der Waals surface area contributed by atoms with Crippen LogP contribution >= 0.6 is 11.8 Å². The van der Waals surface area contributed by atoms with E-state index in [1.54, 1.807) is 6.07 Å². The summed E-state index contributed by atoms with van der Waals surface area (Å²) in [6.07, 6.45) is -0.818. The number of nitrogens with zero attached hydrogens (tertiary/aromatic N) is 2. The van der Waals surface area contributed by atoms with Gasteiger partial charge in [-0.05, 0) is 93.7 Å². The first-order valence-electron chi connectivity index (χ1n) is 14.3. The molecule has 1 amide bonds. The summed E-state index contributed by atoms with van der Waals surface area (Å²) < 4.78 is 46.0. The second-order valence-corrected chi connectivity index (χ2v) is 12.0. The molecule has 5 rings (SSSR count). The van der Waals surface area contributed by atoms with E-state index in [0.29, 0.717) is 30.4 Å². The Morgan fingerprint density at radius 3 is 2.51 bits per heavy atom. The number of piperidine rings is 1. The van der Waals surface area contributed by atoms with E-state index in [0.717, 1.165) is 56.6 Å². The molecule has 0 spiro atoms. The van der Waals surface area contributed by atoms with Gasteiger partial charge in [-0.15, -0.1) is 0 Å². The van der Waals surface area contributed by atoms with Gasteiger partial charge in [0, 0.05) is 29.8 Å². The lowest BCUT2D eigenvalue weighted by atomic mass is 9.88. The van der Waals surface area contributed by atoms with Gasteiger partial charge in [0.2, 0.25) is 0 Å². The van der Waals surface area contributed by atoms with Crippen LogP contribution in [0, 0.1) is 5.41 Å². The van der Waals surface area contributed by atoms with E-state index in [4.69, 9.17) is 15.9 Å². The van der Waals surface area contributed by atoms with Crippen molar-refractivity contribution in [3.8, 4) is 0 Å². The van der Waals surface area contributed by atoms with Crippen LogP contribution in [0.25, 0.3) is 0 Å². The highest BCUT2D eigenvalue weighted by atomic mass is 32.2. The van der Waals surface area contributed by atoms with Gasteiger partial charge < -0.3 is 26.0 Å². The Balaban J connectivity index is 1.36. The number of likely N-dealkylation sites (tertiary alicyclic amines) is 1. The van der Waals surface area contributed by atoms with Crippen molar-refractivity contribution in [3.05, 3.63) is 77.0 Å². The van der Waals surface area contributed by atoms with E-state index in [-0.39, 0.29) is 33.2 Å². The molecular formula is C31H35F3N6O2S. The van der Waals surface area contributed by atoms with Gasteiger partial charge in [0.05, 0.1) is 16.8 Å². The lowest BCUT2D eigenvalue weighted by Crippen LogP contribution is -2.34. The highest BCUT2D eigenvalue weighted by Crippen LogP contribution is 2.39. The number of rotatable bonds is 7. The number of pyridine rings is 1. The predicted octanol–water partition coefficient (Wildman–Crippen LogP) is 5.99. The van der Waals surface area contributed by atoms with Crippen LogP contribution in [0.15, 0.2) is 64.5 Å². The molecule has 2 saturated heterocycles. The molecule has 3 heterocycles. The van der Waals surface area contributed by atoms with Crippen LogP contribution in [0.2, 0.25) is 0 Å². The number of alkyl halides is 3. The van der Waals surface area contributed by atoms with Crippen LogP contribution in [0.4, 0.5) is 24.5 Å². The molecule has 2 aromatic carbocycles. The second-order valence-electron chi connectivity index (χ2n) is 10.9. The third kappa shape index (κ3) is 7.67. The van der Waals surface area contributed by atoms with E-state index < -0.39 is 17.6 Å². The molecule has 0 radical (unpaired) electrons. The lowest BCUT2D eigenvalue weighted by molar-refractivity contribution is -0.139. The monoisotopic (exact) mass is 612 g/mol. The third-order valence-corrected chi connectivity index (χ3v) is 8.85. The van der Waals surface area contributed by atoms with Crippen molar-refractivity contribution < 1.29 is 22.7 Å². The number of amidine groups is 1. The van der Waals surface area contributed by atoms with Gasteiger partial charge in [0.15, 0.2) is 5.84 Å². The zero-order chi connectivity index (χ0) is 30.6. The number of nitrogens with one attached hydrogen (secondary N) is 3. The van der Waals surface area contributed by atoms with E-state index in [2.05, 4.69) is 27.6 Å². The number of nitrogen functional groups attached to an aromatic ring is 1. The topological polar surface area (TPSA) is 116 Å². The van der Waals surface area contributed by atoms with Crippen LogP contribution in [-0.2, 0) is 10.9 Å². The first-order valence-corrected chi connectivity index (χ1v) is 15.1. The smallest absolute Gasteiger partial charge is 0.397 e. The Hall–Kier alpha value is -3.61. The fraction of sp³-hybridized carbons (Fsp3) is 0.387. The van der Waals surface area contributed by atoms with E-state index in [1.165, 1.54) is 35.9 Å². The molecular weight excluding hydrogens is 577 g/mol. The van der Waals surface area contributed by atoms with Gasteiger partial charge in [0.25, 0.3) is 5.91 Å². The summed E-state index contributed by atoms with van der Waals surface area (Å²) in [5.74, 6) is -0.449. The number of hydrogen-bond donors (Lipinski definition) is 4. The minimum absolute atomic E-state index is 0.0234. The molecule has 43 heavy (non-hydrogen) atoms. The number of carbonyl (C=O) groups excluding carboxylic acids is 1. The summed E-state index contributed by atoms with van der Waals surface area (Å²) in [6.45, 7) is 3.32. The van der Waals surface area contributed by atoms with Crippen molar-refractivity contribution in [1.29, 1.82) is 5.41 Å². The zero-order valence-corrected chi connectivity index (χ0v) is 24.7. The molecule has 0 unspecified atom stereocenters. The zero-order valence-electron chi connectivity index (χ0n) is 23.8. The Kier molecular flexibility index (Phi) is 9.58. The molecule has 2 fully saturated rings. The molecule has 0 saturated carbocycles. The van der Waals surface area contributed by atoms with Crippen molar-refractivity contribution in [2.75, 3.05) is 44.4 Å². The quantitative estimate of drug-likeness (QED) is 0.191. The Morgan fingerprint density at radius 2 is 1.79 bits per heavy atom. The highest BCUT2D eigenvalue weighted by Gasteiger charge is 2.33. The van der Waals surface area contributed by atoms with Crippen LogP contribution in [0.5, 0.6) is 0 Å². The first-order chi connectivity index (χ1) is 20.6. The second kappa shape index (κ2) is 13.4. The maximum atomic E-state index is 13.5. The number of nitrogens with two attached hydrogens (primary N) is 1. The van der Waals surface area contributed by atoms with Gasteiger partial charge >= 0.3 is 6.18 Å². The van der Waals surface area contributed by atoms with E-state index >= 15 is 0 Å². The fourth-order valence-electron chi connectivity index (χ4n) is 5.39. The minimum atomic E-state index is -4.53. The van der Waals surface area contributed by atoms with Gasteiger partial charge in [-0.25, -0.2) is 4.98 Å². The highest BCUT2D eigenvalue weighted by molar-refractivity contribution is 7.99. The summed E-state index contributed by atoms with van der Waals surface area (Å²) in [5.41, 5.74) is 7.66. The Bertz CT molecular complexity index is 1470. The van der Waals surface area contributed by atoms with Crippen LogP contribution in [0.1, 0.15) is 58.8 Å². The summed E-state index contributed by atoms with van der Waals surface area (Å²) in [5, 5.41) is 15.0. The van der Waals surface area contributed by atoms with Crippen molar-refractivity contribution in [1.82, 2.24) is 15.2 Å². The SMILES string of the molecule is CN1CCC(c2ccc(C(=O)NC(=N)c3nc(Sc4ccccc4C(F)(F)F)ccc3N)c(NC3CCOCC3)c2)CC1. The number of anilines is 2. The average molecular weight is 613 g/mol. The standard InChI is InChI=1S/C31H35F3N6O2S/c1-40-14-10-19(11-15-40)20-6-7-22(25(18-20)37-21-12-16-42-17-13-21)30(41)39-29(36)28-24(35)8-9-27(38-28)43-26-5-3-2-4-23(26)31(32,33)34/h2-9,18-19,21,37H,10-17,35H2,1H3,(H2,36,39,41). The largest absolute Gasteiger partial charge is 0.417 e. The molecule has 0 bridgehead atoms. The van der Waals surface area contributed by atoms with Gasteiger partial charge in [-0.1, -0.05) is 30.0 Å². The van der Waals surface area contributed by atoms with Crippen LogP contribution in [-0.4, -0.2) is 61.0 Å². The van der Waals surface area contributed by atoms with Crippen molar-refractivity contribution in [2.45, 2.75) is 53.7 Å². The molecule has 5 N–H and O–H groups in total. The molecule has 1 aromatic heterocycles. The van der Waals surface area contributed by atoms with Crippen molar-refractivity contribution in [3.63, 3.8) is 0 Å². The average Bonchev–Trinajstić information content (AvgIpc) is 2.98. The maximum Gasteiger partial charge on any atom is 0.417 e. The van der Waals surface area contributed by atoms with Crippen LogP contribution < -0.4 is 16.4 Å².